The van der Waals surface area contributed by atoms with Crippen LogP contribution in [0.3, 0.4) is 0 Å². The monoisotopic (exact) mass is 363 g/mol. The number of rotatable bonds is 5. The fraction of sp³-hybridized carbons (Fsp3) is 0.0526. The number of nitrogens with zero attached hydrogens (tertiary/aromatic N) is 2. The SMILES string of the molecule is N#Cc1ccsc1NC(=O)COC(=O)/C=C/c1cccc2cccnc12. The van der Waals surface area contributed by atoms with Crippen molar-refractivity contribution in [3.05, 3.63) is 65.2 Å². The summed E-state index contributed by atoms with van der Waals surface area (Å²) in [4.78, 5) is 27.9. The molecule has 0 aliphatic carbocycles. The lowest BCUT2D eigenvalue weighted by Gasteiger charge is -2.04. The van der Waals surface area contributed by atoms with Crippen LogP contribution in [0.2, 0.25) is 0 Å². The van der Waals surface area contributed by atoms with E-state index in [1.807, 2.05) is 36.4 Å². The Morgan fingerprint density at radius 3 is 2.96 bits per heavy atom. The van der Waals surface area contributed by atoms with Crippen molar-refractivity contribution in [2.24, 2.45) is 0 Å². The van der Waals surface area contributed by atoms with Gasteiger partial charge in [-0.05, 0) is 23.6 Å². The second kappa shape index (κ2) is 8.05. The summed E-state index contributed by atoms with van der Waals surface area (Å²) >= 11 is 1.23. The third-order valence-electron chi connectivity index (χ3n) is 3.45. The molecule has 3 rings (SSSR count). The number of para-hydroxylation sites is 1. The van der Waals surface area contributed by atoms with E-state index in [-0.39, 0.29) is 0 Å². The Morgan fingerprint density at radius 2 is 2.12 bits per heavy atom. The zero-order chi connectivity index (χ0) is 18.4. The fourth-order valence-electron chi connectivity index (χ4n) is 2.26. The molecule has 2 heterocycles. The van der Waals surface area contributed by atoms with Gasteiger partial charge >= 0.3 is 5.97 Å². The first-order chi connectivity index (χ1) is 12.7. The zero-order valence-corrected chi connectivity index (χ0v) is 14.3. The van der Waals surface area contributed by atoms with Crippen LogP contribution in [0.25, 0.3) is 17.0 Å². The van der Waals surface area contributed by atoms with E-state index in [9.17, 15) is 9.59 Å². The lowest BCUT2D eigenvalue weighted by Crippen LogP contribution is -2.20. The van der Waals surface area contributed by atoms with Gasteiger partial charge in [-0.2, -0.15) is 5.26 Å². The van der Waals surface area contributed by atoms with Crippen molar-refractivity contribution in [3.8, 4) is 6.07 Å². The molecule has 0 bridgehead atoms. The molecule has 1 amide bonds. The molecule has 0 aliphatic rings. The maximum atomic E-state index is 11.8. The molecule has 26 heavy (non-hydrogen) atoms. The molecule has 0 saturated heterocycles. The van der Waals surface area contributed by atoms with Crippen molar-refractivity contribution in [2.75, 3.05) is 11.9 Å². The number of benzene rings is 1. The van der Waals surface area contributed by atoms with Crippen molar-refractivity contribution in [1.82, 2.24) is 4.98 Å². The molecule has 2 aromatic heterocycles. The number of hydrogen-bond acceptors (Lipinski definition) is 6. The minimum atomic E-state index is -0.639. The van der Waals surface area contributed by atoms with E-state index in [0.29, 0.717) is 10.6 Å². The lowest BCUT2D eigenvalue weighted by molar-refractivity contribution is -0.142. The van der Waals surface area contributed by atoms with E-state index in [4.69, 9.17) is 10.00 Å². The Labute approximate surface area is 153 Å². The summed E-state index contributed by atoms with van der Waals surface area (Å²) in [5, 5.41) is 14.5. The number of ether oxygens (including phenoxy) is 1. The minimum absolute atomic E-state index is 0.373. The number of nitrogens with one attached hydrogen (secondary N) is 1. The van der Waals surface area contributed by atoms with Crippen LogP contribution >= 0.6 is 11.3 Å². The number of thiophene rings is 1. The van der Waals surface area contributed by atoms with Gasteiger partial charge in [0.1, 0.15) is 11.1 Å². The van der Waals surface area contributed by atoms with Gasteiger partial charge in [0.25, 0.3) is 5.91 Å². The number of nitriles is 1. The third-order valence-corrected chi connectivity index (χ3v) is 4.28. The van der Waals surface area contributed by atoms with Gasteiger partial charge in [-0.15, -0.1) is 11.3 Å². The Hall–Kier alpha value is -3.50. The number of amides is 1. The molecule has 0 aliphatic heterocycles. The fourth-order valence-corrected chi connectivity index (χ4v) is 3.02. The van der Waals surface area contributed by atoms with Crippen molar-refractivity contribution in [2.45, 2.75) is 0 Å². The molecule has 6 nitrogen and oxygen atoms in total. The number of anilines is 1. The Morgan fingerprint density at radius 1 is 1.27 bits per heavy atom. The normalized spacial score (nSPS) is 10.6. The quantitative estimate of drug-likeness (QED) is 0.554. The summed E-state index contributed by atoms with van der Waals surface area (Å²) in [6, 6.07) is 13.0. The van der Waals surface area contributed by atoms with Crippen molar-refractivity contribution < 1.29 is 14.3 Å². The van der Waals surface area contributed by atoms with Gasteiger partial charge in [0.15, 0.2) is 6.61 Å². The largest absolute Gasteiger partial charge is 0.452 e. The van der Waals surface area contributed by atoms with Crippen LogP contribution < -0.4 is 5.32 Å². The van der Waals surface area contributed by atoms with Crippen molar-refractivity contribution >= 4 is 45.2 Å². The molecule has 0 saturated carbocycles. The molecule has 7 heteroatoms. The topological polar surface area (TPSA) is 92.1 Å². The molecule has 1 aromatic carbocycles. The van der Waals surface area contributed by atoms with Crippen LogP contribution in [0.1, 0.15) is 11.1 Å². The van der Waals surface area contributed by atoms with Gasteiger partial charge in [0, 0.05) is 23.2 Å². The molecule has 0 fully saturated rings. The van der Waals surface area contributed by atoms with Crippen LogP contribution in [0.15, 0.2) is 54.1 Å². The van der Waals surface area contributed by atoms with Crippen LogP contribution in [0.4, 0.5) is 5.00 Å². The number of esters is 1. The predicted molar refractivity (Wildman–Crippen MR) is 99.4 cm³/mol. The molecule has 1 N–H and O–H groups in total. The molecule has 0 spiro atoms. The van der Waals surface area contributed by atoms with Gasteiger partial charge in [0.05, 0.1) is 11.1 Å². The zero-order valence-electron chi connectivity index (χ0n) is 13.5. The number of carbonyl (C=O) groups excluding carboxylic acids is 2. The van der Waals surface area contributed by atoms with E-state index in [2.05, 4.69) is 10.3 Å². The van der Waals surface area contributed by atoms with Gasteiger partial charge in [-0.3, -0.25) is 9.78 Å². The molecular formula is C19H13N3O3S. The summed E-state index contributed by atoms with van der Waals surface area (Å²) in [6.07, 6.45) is 4.54. The standard InChI is InChI=1S/C19H13N3O3S/c20-11-15-8-10-26-19(15)22-16(23)12-25-17(24)7-6-14-4-1-3-13-5-2-9-21-18(13)14/h1-10H,12H2,(H,22,23)/b7-6+. The van der Waals surface area contributed by atoms with E-state index >= 15 is 0 Å². The predicted octanol–water partition coefficient (Wildman–Crippen LogP) is 3.36. The van der Waals surface area contributed by atoms with Gasteiger partial charge in [-0.1, -0.05) is 24.3 Å². The van der Waals surface area contributed by atoms with Crippen LogP contribution in [0.5, 0.6) is 0 Å². The first kappa shape index (κ1) is 17.3. The Kier molecular flexibility index (Phi) is 5.37. The van der Waals surface area contributed by atoms with E-state index < -0.39 is 18.5 Å². The van der Waals surface area contributed by atoms with Crippen molar-refractivity contribution in [3.63, 3.8) is 0 Å². The van der Waals surface area contributed by atoms with Crippen LogP contribution in [-0.2, 0) is 14.3 Å². The number of aromatic nitrogens is 1. The summed E-state index contributed by atoms with van der Waals surface area (Å²) in [6.45, 7) is -0.431. The van der Waals surface area contributed by atoms with Crippen LogP contribution in [-0.4, -0.2) is 23.5 Å². The molecule has 0 unspecified atom stereocenters. The van der Waals surface area contributed by atoms with E-state index in [0.717, 1.165) is 16.5 Å². The van der Waals surface area contributed by atoms with Gasteiger partial charge < -0.3 is 10.1 Å². The first-order valence-electron chi connectivity index (χ1n) is 7.63. The van der Waals surface area contributed by atoms with Crippen molar-refractivity contribution in [1.29, 1.82) is 5.26 Å². The summed E-state index contributed by atoms with van der Waals surface area (Å²) in [5.74, 6) is -1.14. The highest BCUT2D eigenvalue weighted by Gasteiger charge is 2.10. The molecule has 0 radical (unpaired) electrons. The molecular weight excluding hydrogens is 350 g/mol. The van der Waals surface area contributed by atoms with E-state index in [1.165, 1.54) is 17.4 Å². The lowest BCUT2D eigenvalue weighted by atomic mass is 10.1. The number of pyridine rings is 1. The average Bonchev–Trinajstić information content (AvgIpc) is 3.11. The maximum absolute atomic E-state index is 11.8. The number of hydrogen-bond donors (Lipinski definition) is 1. The highest BCUT2D eigenvalue weighted by molar-refractivity contribution is 7.14. The highest BCUT2D eigenvalue weighted by Crippen LogP contribution is 2.22. The maximum Gasteiger partial charge on any atom is 0.331 e. The minimum Gasteiger partial charge on any atom is -0.452 e. The Balaban J connectivity index is 1.58. The summed E-state index contributed by atoms with van der Waals surface area (Å²) < 4.78 is 4.92. The summed E-state index contributed by atoms with van der Waals surface area (Å²) in [7, 11) is 0. The number of fused-ring (bicyclic) bond motifs is 1. The highest BCUT2D eigenvalue weighted by atomic mass is 32.1. The second-order valence-electron chi connectivity index (χ2n) is 5.19. The Bertz CT molecular complexity index is 1030. The first-order valence-corrected chi connectivity index (χ1v) is 8.51. The summed E-state index contributed by atoms with van der Waals surface area (Å²) in [5.41, 5.74) is 1.93. The van der Waals surface area contributed by atoms with Gasteiger partial charge in [0.2, 0.25) is 0 Å². The second-order valence-corrected chi connectivity index (χ2v) is 6.10. The molecule has 128 valence electrons. The smallest absolute Gasteiger partial charge is 0.331 e. The molecule has 0 atom stereocenters. The van der Waals surface area contributed by atoms with Crippen LogP contribution in [0, 0.1) is 11.3 Å². The molecule has 3 aromatic rings. The number of carbonyl (C=O) groups is 2. The average molecular weight is 363 g/mol. The third kappa shape index (κ3) is 4.12. The van der Waals surface area contributed by atoms with E-state index in [1.54, 1.807) is 23.7 Å². The van der Waals surface area contributed by atoms with Gasteiger partial charge in [-0.25, -0.2) is 4.79 Å².